The average molecular weight is 414 g/mol. The Kier molecular flexibility index (Phi) is 6.54. The fraction of sp³-hybridized carbons (Fsp3) is 0.318. The number of aryl methyl sites for hydroxylation is 1. The van der Waals surface area contributed by atoms with Gasteiger partial charge < -0.3 is 16.0 Å². The van der Waals surface area contributed by atoms with E-state index < -0.39 is 0 Å². The van der Waals surface area contributed by atoms with Gasteiger partial charge in [-0.15, -0.1) is 0 Å². The molecule has 0 radical (unpaired) electrons. The van der Waals surface area contributed by atoms with Gasteiger partial charge in [0.1, 0.15) is 0 Å². The first-order valence-electron chi connectivity index (χ1n) is 9.57. The topological polar surface area (TPSA) is 92.5 Å². The largest absolute Gasteiger partial charge is 0.369 e. The summed E-state index contributed by atoms with van der Waals surface area (Å²) in [5, 5.41) is 3.46. The summed E-state index contributed by atoms with van der Waals surface area (Å²) in [5.74, 6) is -1.04. The fourth-order valence-corrected chi connectivity index (χ4v) is 3.71. The van der Waals surface area contributed by atoms with Crippen LogP contribution in [0.3, 0.4) is 0 Å². The van der Waals surface area contributed by atoms with Gasteiger partial charge in [-0.25, -0.2) is 0 Å². The van der Waals surface area contributed by atoms with Crippen molar-refractivity contribution in [1.29, 1.82) is 0 Å². The van der Waals surface area contributed by atoms with Crippen molar-refractivity contribution in [1.82, 2.24) is 4.90 Å². The molecule has 0 aromatic heterocycles. The number of halogens is 1. The van der Waals surface area contributed by atoms with Crippen molar-refractivity contribution in [2.75, 3.05) is 18.4 Å². The van der Waals surface area contributed by atoms with E-state index in [4.69, 9.17) is 17.3 Å². The molecule has 29 heavy (non-hydrogen) atoms. The molecule has 1 aliphatic heterocycles. The van der Waals surface area contributed by atoms with Crippen LogP contribution in [-0.2, 0) is 16.0 Å². The van der Waals surface area contributed by atoms with Crippen molar-refractivity contribution in [3.63, 3.8) is 0 Å². The summed E-state index contributed by atoms with van der Waals surface area (Å²) >= 11 is 5.97. The van der Waals surface area contributed by atoms with Crippen LogP contribution in [0.25, 0.3) is 0 Å². The Morgan fingerprint density at radius 3 is 2.72 bits per heavy atom. The second kappa shape index (κ2) is 9.09. The van der Waals surface area contributed by atoms with Crippen LogP contribution >= 0.6 is 11.6 Å². The lowest BCUT2D eigenvalue weighted by molar-refractivity contribution is -0.123. The SMILES string of the molecule is Cc1ccc(C(=O)N2CCCC(C(N)=O)C2)cc1NC(=O)Cc1cccc(Cl)c1. The standard InChI is InChI=1S/C22H24ClN3O3/c1-14-7-8-16(22(29)26-9-3-5-17(13-26)21(24)28)12-19(14)25-20(27)11-15-4-2-6-18(23)10-15/h2,4,6-8,10,12,17H,3,5,9,11,13H2,1H3,(H2,24,28)(H,25,27). The second-order valence-electron chi connectivity index (χ2n) is 7.38. The Hall–Kier alpha value is -2.86. The molecule has 0 aliphatic carbocycles. The molecule has 3 amide bonds. The number of hydrogen-bond acceptors (Lipinski definition) is 3. The summed E-state index contributed by atoms with van der Waals surface area (Å²) in [4.78, 5) is 38.5. The normalized spacial score (nSPS) is 16.3. The molecular formula is C22H24ClN3O3. The summed E-state index contributed by atoms with van der Waals surface area (Å²) in [7, 11) is 0. The van der Waals surface area contributed by atoms with Crippen molar-refractivity contribution in [3.8, 4) is 0 Å². The fourth-order valence-electron chi connectivity index (χ4n) is 3.49. The highest BCUT2D eigenvalue weighted by Crippen LogP contribution is 2.22. The molecule has 3 N–H and O–H groups in total. The van der Waals surface area contributed by atoms with E-state index in [1.165, 1.54) is 0 Å². The Labute approximate surface area is 175 Å². The van der Waals surface area contributed by atoms with E-state index in [0.29, 0.717) is 35.8 Å². The van der Waals surface area contributed by atoms with Crippen LogP contribution in [0.15, 0.2) is 42.5 Å². The first-order valence-corrected chi connectivity index (χ1v) is 9.95. The van der Waals surface area contributed by atoms with E-state index in [1.54, 1.807) is 41.3 Å². The summed E-state index contributed by atoms with van der Waals surface area (Å²) < 4.78 is 0. The quantitative estimate of drug-likeness (QED) is 0.788. The van der Waals surface area contributed by atoms with E-state index in [1.807, 2.05) is 13.0 Å². The molecule has 1 heterocycles. The van der Waals surface area contributed by atoms with Crippen molar-refractivity contribution in [3.05, 3.63) is 64.2 Å². The van der Waals surface area contributed by atoms with Gasteiger partial charge in [-0.3, -0.25) is 14.4 Å². The molecule has 7 heteroatoms. The van der Waals surface area contributed by atoms with Crippen molar-refractivity contribution in [2.24, 2.45) is 11.7 Å². The van der Waals surface area contributed by atoms with Gasteiger partial charge >= 0.3 is 0 Å². The monoisotopic (exact) mass is 413 g/mol. The Balaban J connectivity index is 1.71. The maximum Gasteiger partial charge on any atom is 0.253 e. The number of nitrogens with two attached hydrogens (primary N) is 1. The molecule has 2 aromatic rings. The number of primary amides is 1. The Morgan fingerprint density at radius 2 is 2.00 bits per heavy atom. The first-order chi connectivity index (χ1) is 13.8. The van der Waals surface area contributed by atoms with Crippen LogP contribution in [-0.4, -0.2) is 35.7 Å². The maximum absolute atomic E-state index is 12.9. The highest BCUT2D eigenvalue weighted by molar-refractivity contribution is 6.30. The predicted molar refractivity (Wildman–Crippen MR) is 113 cm³/mol. The van der Waals surface area contributed by atoms with Crippen molar-refractivity contribution in [2.45, 2.75) is 26.2 Å². The molecule has 0 bridgehead atoms. The molecule has 1 aliphatic rings. The maximum atomic E-state index is 12.9. The van der Waals surface area contributed by atoms with Crippen molar-refractivity contribution >= 4 is 35.0 Å². The number of amides is 3. The van der Waals surface area contributed by atoms with Crippen LogP contribution in [0.2, 0.25) is 5.02 Å². The molecule has 3 rings (SSSR count). The van der Waals surface area contributed by atoms with E-state index in [9.17, 15) is 14.4 Å². The highest BCUT2D eigenvalue weighted by atomic mass is 35.5. The number of likely N-dealkylation sites (tertiary alicyclic amines) is 1. The van der Waals surface area contributed by atoms with E-state index in [0.717, 1.165) is 17.5 Å². The van der Waals surface area contributed by atoms with Crippen LogP contribution < -0.4 is 11.1 Å². The highest BCUT2D eigenvalue weighted by Gasteiger charge is 2.27. The van der Waals surface area contributed by atoms with Gasteiger partial charge in [-0.2, -0.15) is 0 Å². The van der Waals surface area contributed by atoms with Crippen LogP contribution in [0.4, 0.5) is 5.69 Å². The summed E-state index contributed by atoms with van der Waals surface area (Å²) in [6.45, 7) is 2.79. The third-order valence-electron chi connectivity index (χ3n) is 5.12. The molecule has 1 unspecified atom stereocenters. The zero-order valence-corrected chi connectivity index (χ0v) is 17.0. The summed E-state index contributed by atoms with van der Waals surface area (Å²) in [6, 6.07) is 12.4. The molecule has 1 saturated heterocycles. The minimum Gasteiger partial charge on any atom is -0.369 e. The molecule has 1 fully saturated rings. The smallest absolute Gasteiger partial charge is 0.253 e. The third-order valence-corrected chi connectivity index (χ3v) is 5.36. The molecule has 1 atom stereocenters. The molecule has 152 valence electrons. The number of anilines is 1. The number of rotatable bonds is 5. The number of carbonyl (C=O) groups is 3. The molecule has 0 spiro atoms. The van der Waals surface area contributed by atoms with E-state index >= 15 is 0 Å². The van der Waals surface area contributed by atoms with Crippen LogP contribution in [0.5, 0.6) is 0 Å². The number of carbonyl (C=O) groups excluding carboxylic acids is 3. The molecule has 2 aromatic carbocycles. The van der Waals surface area contributed by atoms with Gasteiger partial charge in [0.2, 0.25) is 11.8 Å². The molecular weight excluding hydrogens is 390 g/mol. The lowest BCUT2D eigenvalue weighted by atomic mass is 9.96. The zero-order valence-electron chi connectivity index (χ0n) is 16.3. The zero-order chi connectivity index (χ0) is 21.0. The van der Waals surface area contributed by atoms with Gasteiger partial charge in [0, 0.05) is 29.4 Å². The van der Waals surface area contributed by atoms with E-state index in [2.05, 4.69) is 5.32 Å². The second-order valence-corrected chi connectivity index (χ2v) is 7.81. The number of hydrogen-bond donors (Lipinski definition) is 2. The summed E-state index contributed by atoms with van der Waals surface area (Å²) in [6.07, 6.45) is 1.64. The minimum absolute atomic E-state index is 0.165. The van der Waals surface area contributed by atoms with E-state index in [-0.39, 0.29) is 30.1 Å². The van der Waals surface area contributed by atoms with Crippen molar-refractivity contribution < 1.29 is 14.4 Å². The minimum atomic E-state index is -0.375. The van der Waals surface area contributed by atoms with Gasteiger partial charge in [0.25, 0.3) is 5.91 Å². The number of nitrogens with one attached hydrogen (secondary N) is 1. The van der Waals surface area contributed by atoms with Gasteiger partial charge in [0.15, 0.2) is 0 Å². The first kappa shape index (κ1) is 20.9. The van der Waals surface area contributed by atoms with Crippen LogP contribution in [0, 0.1) is 12.8 Å². The molecule has 6 nitrogen and oxygen atoms in total. The molecule has 0 saturated carbocycles. The number of nitrogens with zero attached hydrogens (tertiary/aromatic N) is 1. The lowest BCUT2D eigenvalue weighted by Crippen LogP contribution is -2.44. The Bertz CT molecular complexity index is 945. The van der Waals surface area contributed by atoms with Gasteiger partial charge in [0.05, 0.1) is 12.3 Å². The summed E-state index contributed by atoms with van der Waals surface area (Å²) in [5.41, 5.74) is 8.13. The van der Waals surface area contributed by atoms with Crippen LogP contribution in [0.1, 0.15) is 34.3 Å². The average Bonchev–Trinajstić information content (AvgIpc) is 2.69. The lowest BCUT2D eigenvalue weighted by Gasteiger charge is -2.31. The number of benzene rings is 2. The third kappa shape index (κ3) is 5.35. The van der Waals surface area contributed by atoms with Gasteiger partial charge in [-0.05, 0) is 55.2 Å². The Morgan fingerprint density at radius 1 is 1.21 bits per heavy atom. The van der Waals surface area contributed by atoms with Gasteiger partial charge in [-0.1, -0.05) is 29.8 Å². The predicted octanol–water partition coefficient (Wildman–Crippen LogP) is 3.17. The number of piperidine rings is 1.